The number of anilines is 1. The van der Waals surface area contributed by atoms with Gasteiger partial charge in [-0.3, -0.25) is 13.6 Å². The summed E-state index contributed by atoms with van der Waals surface area (Å²) in [5, 5.41) is 50.5. The maximum absolute atomic E-state index is 13.9. The lowest BCUT2D eigenvalue weighted by Crippen LogP contribution is -2.62. The molecule has 4 aromatic rings. The molecule has 0 aromatic heterocycles. The molecule has 0 radical (unpaired) electrons. The summed E-state index contributed by atoms with van der Waals surface area (Å²) in [4.78, 5) is 46.1. The fourth-order valence-electron chi connectivity index (χ4n) is 6.12. The smallest absolute Gasteiger partial charge is 0.356 e. The van der Waals surface area contributed by atoms with Crippen LogP contribution in [0.2, 0.25) is 0 Å². The number of amides is 1. The van der Waals surface area contributed by atoms with Crippen molar-refractivity contribution in [2.24, 2.45) is 0 Å². The van der Waals surface area contributed by atoms with E-state index in [9.17, 15) is 58.1 Å². The summed E-state index contributed by atoms with van der Waals surface area (Å²) in [6.45, 7) is 0. The van der Waals surface area contributed by atoms with E-state index < -0.39 is 89.9 Å². The quantitative estimate of drug-likeness (QED) is 0.0851. The molecule has 2 saturated heterocycles. The lowest BCUT2D eigenvalue weighted by molar-refractivity contribution is -0.271. The highest BCUT2D eigenvalue weighted by atomic mass is 32.2. The summed E-state index contributed by atoms with van der Waals surface area (Å²) in [7, 11) is -6.63. The van der Waals surface area contributed by atoms with Gasteiger partial charge in [-0.05, 0) is 59.2 Å². The van der Waals surface area contributed by atoms with Crippen LogP contribution in [0.4, 0.5) is 10.1 Å². The van der Waals surface area contributed by atoms with Gasteiger partial charge in [-0.2, -0.15) is 0 Å². The molecule has 2 aliphatic rings. The molecule has 274 valence electrons. The number of benzene rings is 4. The fourth-order valence-corrected chi connectivity index (χ4v) is 8.26. The first-order valence-corrected chi connectivity index (χ1v) is 18.7. The van der Waals surface area contributed by atoms with Gasteiger partial charge in [-0.15, -0.1) is 0 Å². The first-order chi connectivity index (χ1) is 24.6. The van der Waals surface area contributed by atoms with E-state index in [0.717, 1.165) is 12.1 Å². The molecule has 6 rings (SSSR count). The van der Waals surface area contributed by atoms with Gasteiger partial charge in [0, 0.05) is 22.1 Å². The number of aliphatic carboxylic acids is 1. The highest BCUT2D eigenvalue weighted by Gasteiger charge is 2.54. The van der Waals surface area contributed by atoms with Gasteiger partial charge >= 0.3 is 13.6 Å². The molecule has 0 saturated carbocycles. The van der Waals surface area contributed by atoms with Crippen molar-refractivity contribution in [1.82, 2.24) is 0 Å². The van der Waals surface area contributed by atoms with Gasteiger partial charge < -0.3 is 49.7 Å². The summed E-state index contributed by atoms with van der Waals surface area (Å²) in [5.74, 6) is -3.30. The number of aliphatic hydroxyl groups excluding tert-OH is 4. The molecule has 2 heterocycles. The Kier molecular flexibility index (Phi) is 10.8. The Morgan fingerprint density at radius 2 is 1.54 bits per heavy atom. The van der Waals surface area contributed by atoms with Gasteiger partial charge in [-0.25, -0.2) is 9.18 Å². The molecule has 9 atom stereocenters. The summed E-state index contributed by atoms with van der Waals surface area (Å²) in [5.41, 5.74) is 1.69. The molecule has 1 amide bonds. The number of rotatable bonds is 11. The molecule has 2 fully saturated rings. The molecule has 0 spiro atoms. The van der Waals surface area contributed by atoms with Gasteiger partial charge in [-0.1, -0.05) is 54.6 Å². The third kappa shape index (κ3) is 7.43. The van der Waals surface area contributed by atoms with Crippen LogP contribution in [0.25, 0.3) is 11.1 Å². The third-order valence-corrected chi connectivity index (χ3v) is 11.5. The van der Waals surface area contributed by atoms with E-state index in [-0.39, 0.29) is 22.2 Å². The number of carbonyl (C=O) groups excluding carboxylic acids is 1. The second kappa shape index (κ2) is 14.9. The second-order valence-corrected chi connectivity index (χ2v) is 15.4. The number of hydrogen-bond acceptors (Lipinski definition) is 10. The number of carbonyl (C=O) groups is 2. The number of ether oxygens (including phenoxy) is 2. The molecule has 0 aliphatic carbocycles. The number of aliphatic hydroxyl groups is 4. The second-order valence-electron chi connectivity index (χ2n) is 12.2. The Balaban J connectivity index is 1.43. The molecule has 52 heavy (non-hydrogen) atoms. The van der Waals surface area contributed by atoms with Crippen LogP contribution in [-0.2, 0) is 29.7 Å². The zero-order chi connectivity index (χ0) is 37.5. The predicted octanol–water partition coefficient (Wildman–Crippen LogP) is 1.51. The van der Waals surface area contributed by atoms with Crippen molar-refractivity contribution in [3.8, 4) is 16.9 Å². The van der Waals surface area contributed by atoms with E-state index in [1.807, 2.05) is 0 Å². The van der Waals surface area contributed by atoms with Crippen LogP contribution in [-0.4, -0.2) is 93.1 Å². The van der Waals surface area contributed by atoms with Crippen LogP contribution in [0.1, 0.15) is 23.3 Å². The van der Waals surface area contributed by atoms with Crippen LogP contribution in [0.15, 0.2) is 97.1 Å². The van der Waals surface area contributed by atoms with Crippen molar-refractivity contribution in [3.63, 3.8) is 0 Å². The lowest BCUT2D eigenvalue weighted by atomic mass is 9.90. The number of carboxylic acids is 1. The Labute approximate surface area is 297 Å². The number of halogens is 1. The van der Waals surface area contributed by atoms with Crippen LogP contribution in [0.3, 0.4) is 0 Å². The highest BCUT2D eigenvalue weighted by molar-refractivity contribution is 7.86. The van der Waals surface area contributed by atoms with Crippen LogP contribution >= 0.6 is 7.60 Å². The van der Waals surface area contributed by atoms with Gasteiger partial charge in [0.1, 0.15) is 35.1 Å². The zero-order valence-corrected chi connectivity index (χ0v) is 28.5. The number of β-lactam (4-membered cyclic amide) rings is 1. The van der Waals surface area contributed by atoms with Crippen molar-refractivity contribution in [3.05, 3.63) is 114 Å². The maximum atomic E-state index is 13.9. The Morgan fingerprint density at radius 3 is 2.15 bits per heavy atom. The standard InChI is InChI=1S/C35H33FNO13PS/c36-21-11-6-19(7-12-21)25(38)17-52(48)32-27(37(33(32)42)22-4-2-1-3-5-22)24-15-10-20(18-8-13-23(14-9-18)51(45,46)47)16-26(24)49-35-30(41)28(39)29(40)31(50-35)34(43)44/h1-16,25,27-32,35,38-41H,17H2,(H,43,44)(H2,45,46,47)/t25-,27+,28-,29?,30?,31?,32+,35+,52?/m0/s1. The van der Waals surface area contributed by atoms with Gasteiger partial charge in [0.05, 0.1) is 23.2 Å². The summed E-state index contributed by atoms with van der Waals surface area (Å²) >= 11 is 0. The minimum absolute atomic E-state index is 0.132. The normalized spacial score (nSPS) is 25.9. The van der Waals surface area contributed by atoms with E-state index in [1.165, 1.54) is 53.4 Å². The Morgan fingerprint density at radius 1 is 0.904 bits per heavy atom. The topological polar surface area (TPSA) is 232 Å². The largest absolute Gasteiger partial charge is 0.479 e. The molecule has 4 aromatic carbocycles. The van der Waals surface area contributed by atoms with E-state index in [1.54, 1.807) is 36.4 Å². The number of hydrogen-bond donors (Lipinski definition) is 7. The van der Waals surface area contributed by atoms with Gasteiger partial charge in [0.15, 0.2) is 6.10 Å². The van der Waals surface area contributed by atoms with Crippen molar-refractivity contribution >= 4 is 41.3 Å². The SMILES string of the molecule is O=C(O)C1O[C@@H](Oc2cc(-c3ccc(P(=O)(O)O)cc3)ccc2[C@@H]2[C@@H](S(=O)C[C@H](O)c3ccc(F)cc3)C(=O)N2c2ccccc2)C(O)[C@@H](O)C1O. The lowest BCUT2D eigenvalue weighted by Gasteiger charge is -2.47. The maximum Gasteiger partial charge on any atom is 0.356 e. The van der Waals surface area contributed by atoms with E-state index in [0.29, 0.717) is 16.8 Å². The molecule has 7 N–H and O–H groups in total. The van der Waals surface area contributed by atoms with E-state index >= 15 is 0 Å². The third-order valence-electron chi connectivity index (χ3n) is 8.87. The van der Waals surface area contributed by atoms with Crippen molar-refractivity contribution in [2.75, 3.05) is 10.7 Å². The molecule has 4 unspecified atom stereocenters. The minimum Gasteiger partial charge on any atom is -0.479 e. The molecule has 2 aliphatic heterocycles. The van der Waals surface area contributed by atoms with Crippen LogP contribution in [0.5, 0.6) is 5.75 Å². The number of carboxylic acid groups (broad SMARTS) is 1. The summed E-state index contributed by atoms with van der Waals surface area (Å²) in [6.07, 6.45) is -11.2. The average Bonchev–Trinajstić information content (AvgIpc) is 3.11. The van der Waals surface area contributed by atoms with Crippen molar-refractivity contribution in [2.45, 2.75) is 48.1 Å². The van der Waals surface area contributed by atoms with Crippen molar-refractivity contribution < 1.29 is 67.5 Å². The summed E-state index contributed by atoms with van der Waals surface area (Å²) < 4.78 is 50.6. The first-order valence-electron chi connectivity index (χ1n) is 15.7. The zero-order valence-electron chi connectivity index (χ0n) is 26.8. The Hall–Kier alpha value is -4.35. The monoisotopic (exact) mass is 757 g/mol. The average molecular weight is 758 g/mol. The highest BCUT2D eigenvalue weighted by Crippen LogP contribution is 2.47. The minimum atomic E-state index is -4.57. The molecule has 0 bridgehead atoms. The van der Waals surface area contributed by atoms with E-state index in [2.05, 4.69) is 0 Å². The molecular weight excluding hydrogens is 724 g/mol. The summed E-state index contributed by atoms with van der Waals surface area (Å²) in [6, 6.07) is 22.0. The molecule has 17 heteroatoms. The number of para-hydroxylation sites is 1. The van der Waals surface area contributed by atoms with Crippen LogP contribution < -0.4 is 14.9 Å². The number of nitrogens with zero attached hydrogens (tertiary/aromatic N) is 1. The van der Waals surface area contributed by atoms with Gasteiger partial charge in [0.2, 0.25) is 12.2 Å². The molecule has 14 nitrogen and oxygen atoms in total. The van der Waals surface area contributed by atoms with Crippen LogP contribution in [0, 0.1) is 5.82 Å². The predicted molar refractivity (Wildman–Crippen MR) is 183 cm³/mol. The first kappa shape index (κ1) is 37.4. The van der Waals surface area contributed by atoms with E-state index in [4.69, 9.17) is 9.47 Å². The van der Waals surface area contributed by atoms with Crippen molar-refractivity contribution in [1.29, 1.82) is 0 Å². The Bertz CT molecular complexity index is 2010. The van der Waals surface area contributed by atoms with Gasteiger partial charge in [0.25, 0.3) is 0 Å². The molecular formula is C35H33FNO13PS. The fraction of sp³-hybridized carbons (Fsp3) is 0.257.